The van der Waals surface area contributed by atoms with Gasteiger partial charge < -0.3 is 9.32 Å². The summed E-state index contributed by atoms with van der Waals surface area (Å²) in [5, 5.41) is 9.26. The summed E-state index contributed by atoms with van der Waals surface area (Å²) in [5.74, 6) is -0.553. The third-order valence-corrected chi connectivity index (χ3v) is 9.96. The van der Waals surface area contributed by atoms with Crippen LogP contribution in [0.5, 0.6) is 0 Å². The molecule has 0 bridgehead atoms. The normalized spacial score (nSPS) is 17.4. The summed E-state index contributed by atoms with van der Waals surface area (Å²) in [6, 6.07) is 20.7. The number of carbonyl (C=O) groups excluding carboxylic acids is 2. The van der Waals surface area contributed by atoms with Gasteiger partial charge in [0.1, 0.15) is 5.58 Å². The maximum Gasteiger partial charge on any atom is 0.297 e. The topological polar surface area (TPSA) is 96.6 Å². The fraction of sp³-hybridized carbons (Fsp3) is 0.156. The van der Waals surface area contributed by atoms with E-state index in [-0.39, 0.29) is 23.0 Å². The van der Waals surface area contributed by atoms with Crippen LogP contribution in [0.1, 0.15) is 38.4 Å². The molecule has 1 spiro atoms. The van der Waals surface area contributed by atoms with Crippen LogP contribution >= 0.6 is 23.1 Å². The smallest absolute Gasteiger partial charge is 0.297 e. The highest BCUT2D eigenvalue weighted by Gasteiger charge is 2.66. The molecule has 5 aromatic rings. The first-order chi connectivity index (χ1) is 20.4. The first kappa shape index (κ1) is 26.4. The van der Waals surface area contributed by atoms with Crippen molar-refractivity contribution in [3.63, 3.8) is 0 Å². The lowest BCUT2D eigenvalue weighted by atomic mass is 9.84. The lowest BCUT2D eigenvalue weighted by molar-refractivity contribution is -0.121. The number of aryl methyl sites for hydroxylation is 2. The molecule has 10 heteroatoms. The molecule has 0 fully saturated rings. The van der Waals surface area contributed by atoms with Crippen molar-refractivity contribution in [1.82, 2.24) is 10.2 Å². The summed E-state index contributed by atoms with van der Waals surface area (Å²) >= 11 is 2.69. The number of hydrogen-bond donors (Lipinski definition) is 0. The van der Waals surface area contributed by atoms with Crippen molar-refractivity contribution in [2.45, 2.75) is 29.5 Å². The van der Waals surface area contributed by atoms with E-state index in [1.165, 1.54) is 28.0 Å². The molecule has 3 aromatic carbocycles. The van der Waals surface area contributed by atoms with Crippen LogP contribution in [0.3, 0.4) is 0 Å². The van der Waals surface area contributed by atoms with Crippen molar-refractivity contribution in [2.24, 2.45) is 0 Å². The molecule has 7 rings (SSSR count). The summed E-state index contributed by atoms with van der Waals surface area (Å²) in [6.07, 6.45) is 1.62. The molecular formula is C32H24N4O4S2. The van der Waals surface area contributed by atoms with Crippen molar-refractivity contribution in [3.8, 4) is 0 Å². The number of hydrogen-bond acceptors (Lipinski definition) is 8. The zero-order valence-corrected chi connectivity index (χ0v) is 24.4. The van der Waals surface area contributed by atoms with Crippen molar-refractivity contribution in [1.29, 1.82) is 0 Å². The monoisotopic (exact) mass is 592 g/mol. The standard InChI is InChI=1S/C32H24N4O4S2/c1-4-14-35-23-13-9-8-12-22(23)32(29(35)39)25-26(37)21-15-18(2)19(3)16-24(21)40-27(25)28(38)36(32)30-33-34-31(42-30)41-17-20-10-6-5-7-11-20/h4-13,15-16H,1,14,17H2,2-3H3. The minimum atomic E-state index is -1.81. The molecule has 2 amide bonds. The van der Waals surface area contributed by atoms with Gasteiger partial charge in [-0.25, -0.2) is 0 Å². The number of benzene rings is 3. The maximum atomic E-state index is 14.7. The molecule has 2 aromatic heterocycles. The molecular weight excluding hydrogens is 569 g/mol. The second-order valence-electron chi connectivity index (χ2n) is 10.3. The fourth-order valence-corrected chi connectivity index (χ4v) is 7.65. The Balaban J connectivity index is 1.46. The predicted molar refractivity (Wildman–Crippen MR) is 164 cm³/mol. The van der Waals surface area contributed by atoms with Gasteiger partial charge in [0.05, 0.1) is 16.6 Å². The number of nitrogens with zero attached hydrogens (tertiary/aromatic N) is 4. The van der Waals surface area contributed by atoms with E-state index in [1.807, 2.05) is 56.3 Å². The zero-order chi connectivity index (χ0) is 29.2. The first-order valence-corrected chi connectivity index (χ1v) is 15.1. The first-order valence-electron chi connectivity index (χ1n) is 13.3. The molecule has 0 saturated carbocycles. The van der Waals surface area contributed by atoms with Crippen LogP contribution in [0.15, 0.2) is 92.9 Å². The van der Waals surface area contributed by atoms with Gasteiger partial charge in [0, 0.05) is 17.9 Å². The average molecular weight is 593 g/mol. The Morgan fingerprint density at radius 2 is 1.74 bits per heavy atom. The zero-order valence-electron chi connectivity index (χ0n) is 22.8. The molecule has 1 unspecified atom stereocenters. The predicted octanol–water partition coefficient (Wildman–Crippen LogP) is 5.99. The van der Waals surface area contributed by atoms with Gasteiger partial charge in [0.25, 0.3) is 11.8 Å². The lowest BCUT2D eigenvalue weighted by Gasteiger charge is -2.31. The lowest BCUT2D eigenvalue weighted by Crippen LogP contribution is -2.53. The van der Waals surface area contributed by atoms with Gasteiger partial charge in [0.15, 0.2) is 15.3 Å². The van der Waals surface area contributed by atoms with E-state index in [4.69, 9.17) is 4.42 Å². The fourth-order valence-electron chi connectivity index (χ4n) is 5.80. The van der Waals surface area contributed by atoms with Gasteiger partial charge >= 0.3 is 0 Å². The summed E-state index contributed by atoms with van der Waals surface area (Å²) < 4.78 is 6.84. The van der Waals surface area contributed by atoms with Gasteiger partial charge in [0.2, 0.25) is 10.9 Å². The molecule has 8 nitrogen and oxygen atoms in total. The van der Waals surface area contributed by atoms with Crippen LogP contribution in [-0.4, -0.2) is 28.6 Å². The number of aromatic nitrogens is 2. The quantitative estimate of drug-likeness (QED) is 0.136. The molecule has 4 heterocycles. The van der Waals surface area contributed by atoms with Gasteiger partial charge in [-0.2, -0.15) is 0 Å². The molecule has 0 radical (unpaired) electrons. The third kappa shape index (κ3) is 3.65. The van der Waals surface area contributed by atoms with E-state index in [0.717, 1.165) is 16.7 Å². The van der Waals surface area contributed by atoms with E-state index in [0.29, 0.717) is 32.3 Å². The highest BCUT2D eigenvalue weighted by Crippen LogP contribution is 2.54. The minimum Gasteiger partial charge on any atom is -0.450 e. The number of carbonyl (C=O) groups is 2. The minimum absolute atomic E-state index is 0.000883. The van der Waals surface area contributed by atoms with Crippen LogP contribution in [-0.2, 0) is 16.1 Å². The number of para-hydroxylation sites is 1. The van der Waals surface area contributed by atoms with Gasteiger partial charge in [-0.3, -0.25) is 19.3 Å². The SMILES string of the molecule is C=CCN1C(=O)C2(c3ccccc31)c1c(oc3cc(C)c(C)cc3c1=O)C(=O)N2c1nnc(SCc2ccccc2)s1. The number of rotatable bonds is 6. The van der Waals surface area contributed by atoms with Gasteiger partial charge in [-0.15, -0.1) is 16.8 Å². The van der Waals surface area contributed by atoms with Crippen molar-refractivity contribution < 1.29 is 14.0 Å². The number of anilines is 2. The van der Waals surface area contributed by atoms with Crippen LogP contribution in [0, 0.1) is 13.8 Å². The van der Waals surface area contributed by atoms with E-state index in [2.05, 4.69) is 16.8 Å². The number of amides is 2. The summed E-state index contributed by atoms with van der Waals surface area (Å²) in [7, 11) is 0. The number of thioether (sulfide) groups is 1. The van der Waals surface area contributed by atoms with Crippen LogP contribution in [0.2, 0.25) is 0 Å². The van der Waals surface area contributed by atoms with Gasteiger partial charge in [-0.1, -0.05) is 77.7 Å². The molecule has 0 aliphatic carbocycles. The molecule has 208 valence electrons. The summed E-state index contributed by atoms with van der Waals surface area (Å²) in [5.41, 5.74) is 2.12. The molecule has 0 saturated heterocycles. The van der Waals surface area contributed by atoms with Crippen LogP contribution in [0.25, 0.3) is 11.0 Å². The Kier molecular flexibility index (Phi) is 6.14. The average Bonchev–Trinajstić information content (AvgIpc) is 3.63. The molecule has 2 aliphatic heterocycles. The number of fused-ring (bicyclic) bond motifs is 5. The largest absolute Gasteiger partial charge is 0.450 e. The Hall–Kier alpha value is -4.54. The van der Waals surface area contributed by atoms with Crippen molar-refractivity contribution in [3.05, 3.63) is 123 Å². The second-order valence-corrected chi connectivity index (χ2v) is 12.4. The molecule has 1 atom stereocenters. The highest BCUT2D eigenvalue weighted by atomic mass is 32.2. The molecule has 42 heavy (non-hydrogen) atoms. The Bertz CT molecular complexity index is 2000. The maximum absolute atomic E-state index is 14.7. The summed E-state index contributed by atoms with van der Waals surface area (Å²) in [4.78, 5) is 46.2. The second kappa shape index (κ2) is 9.78. The molecule has 0 N–H and O–H groups in total. The van der Waals surface area contributed by atoms with Crippen molar-refractivity contribution >= 4 is 56.7 Å². The van der Waals surface area contributed by atoms with Gasteiger partial charge in [-0.05, 0) is 48.7 Å². The highest BCUT2D eigenvalue weighted by molar-refractivity contribution is 8.00. The Morgan fingerprint density at radius 1 is 1.00 bits per heavy atom. The summed E-state index contributed by atoms with van der Waals surface area (Å²) in [6.45, 7) is 7.85. The van der Waals surface area contributed by atoms with E-state index < -0.39 is 22.8 Å². The Morgan fingerprint density at radius 3 is 2.52 bits per heavy atom. The van der Waals surface area contributed by atoms with Crippen LogP contribution in [0.4, 0.5) is 10.8 Å². The van der Waals surface area contributed by atoms with Crippen LogP contribution < -0.4 is 15.2 Å². The van der Waals surface area contributed by atoms with E-state index in [9.17, 15) is 14.4 Å². The van der Waals surface area contributed by atoms with E-state index >= 15 is 0 Å². The molecule has 2 aliphatic rings. The third-order valence-electron chi connectivity index (χ3n) is 7.84. The van der Waals surface area contributed by atoms with Crippen molar-refractivity contribution in [2.75, 3.05) is 16.3 Å². The van der Waals surface area contributed by atoms with E-state index in [1.54, 1.807) is 35.2 Å². The Labute approximate surface area is 249 Å².